The molecule has 0 fully saturated rings. The van der Waals surface area contributed by atoms with Crippen LogP contribution in [0.4, 0.5) is 0 Å². The molecule has 110 valence electrons. The van der Waals surface area contributed by atoms with Crippen molar-refractivity contribution in [3.8, 4) is 0 Å². The quantitative estimate of drug-likeness (QED) is 0.694. The van der Waals surface area contributed by atoms with Crippen molar-refractivity contribution in [3.63, 3.8) is 0 Å². The lowest BCUT2D eigenvalue weighted by Crippen LogP contribution is -2.42. The van der Waals surface area contributed by atoms with Crippen molar-refractivity contribution in [2.75, 3.05) is 20.1 Å². The molecule has 1 aromatic rings. The zero-order valence-corrected chi connectivity index (χ0v) is 13.1. The first kappa shape index (κ1) is 16.1. The van der Waals surface area contributed by atoms with Crippen molar-refractivity contribution in [2.45, 2.75) is 59.2 Å². The molecule has 0 spiro atoms. The van der Waals surface area contributed by atoms with Crippen LogP contribution in [0.15, 0.2) is 6.20 Å². The molecule has 0 aliphatic carbocycles. The van der Waals surface area contributed by atoms with Gasteiger partial charge in [-0.2, -0.15) is 0 Å². The van der Waals surface area contributed by atoms with Gasteiger partial charge in [-0.25, -0.2) is 0 Å². The molecule has 19 heavy (non-hydrogen) atoms. The van der Waals surface area contributed by atoms with E-state index in [0.29, 0.717) is 0 Å². The first-order valence-corrected chi connectivity index (χ1v) is 7.30. The molecule has 1 aromatic heterocycles. The third-order valence-electron chi connectivity index (χ3n) is 3.88. The summed E-state index contributed by atoms with van der Waals surface area (Å²) in [6.45, 7) is 12.7. The minimum absolute atomic E-state index is 0.242. The maximum absolute atomic E-state index is 4.18. The van der Waals surface area contributed by atoms with E-state index in [1.807, 2.05) is 10.9 Å². The van der Waals surface area contributed by atoms with Crippen LogP contribution in [-0.2, 0) is 13.1 Å². The molecular weight excluding hydrogens is 238 g/mol. The maximum atomic E-state index is 4.18. The van der Waals surface area contributed by atoms with Crippen LogP contribution in [0.5, 0.6) is 0 Å². The molecule has 0 radical (unpaired) electrons. The average Bonchev–Trinajstić information content (AvgIpc) is 2.84. The minimum atomic E-state index is 0.242. The van der Waals surface area contributed by atoms with Gasteiger partial charge in [-0.05, 0) is 40.3 Å². The number of rotatable bonds is 9. The number of aromatic nitrogens is 3. The summed E-state index contributed by atoms with van der Waals surface area (Å²) in [7, 11) is 2.17. The summed E-state index contributed by atoms with van der Waals surface area (Å²) < 4.78 is 1.94. The second-order valence-electron chi connectivity index (χ2n) is 5.74. The van der Waals surface area contributed by atoms with Crippen LogP contribution in [0, 0.1) is 0 Å². The number of likely N-dealkylation sites (N-methyl/N-ethyl adjacent to an activating group) is 1. The smallest absolute Gasteiger partial charge is 0.0964 e. The molecule has 0 amide bonds. The summed E-state index contributed by atoms with van der Waals surface area (Å²) >= 11 is 0. The first-order chi connectivity index (χ1) is 8.99. The molecule has 0 saturated heterocycles. The number of hydrogen-bond acceptors (Lipinski definition) is 4. The third-order valence-corrected chi connectivity index (χ3v) is 3.88. The van der Waals surface area contributed by atoms with Gasteiger partial charge in [-0.1, -0.05) is 19.1 Å². The molecule has 5 heteroatoms. The minimum Gasteiger partial charge on any atom is -0.311 e. The summed E-state index contributed by atoms with van der Waals surface area (Å²) in [6, 6.07) is 0. The Hall–Kier alpha value is -0.940. The van der Waals surface area contributed by atoms with Crippen LogP contribution in [0.1, 0.15) is 46.2 Å². The standard InChI is InChI=1S/C14H29N5/c1-6-8-15-11-13-12-19(17-16-13)10-9-18(5)14(3,4)7-2/h12,15H,6-11H2,1-5H3. The van der Waals surface area contributed by atoms with Gasteiger partial charge < -0.3 is 5.32 Å². The Labute approximate surface area is 117 Å². The van der Waals surface area contributed by atoms with Gasteiger partial charge in [-0.15, -0.1) is 5.10 Å². The van der Waals surface area contributed by atoms with Crippen molar-refractivity contribution in [1.29, 1.82) is 0 Å². The van der Waals surface area contributed by atoms with Crippen LogP contribution in [0.2, 0.25) is 0 Å². The van der Waals surface area contributed by atoms with Crippen LogP contribution >= 0.6 is 0 Å². The van der Waals surface area contributed by atoms with Crippen LogP contribution in [-0.4, -0.2) is 45.6 Å². The van der Waals surface area contributed by atoms with Gasteiger partial charge in [0.15, 0.2) is 0 Å². The lowest BCUT2D eigenvalue weighted by atomic mass is 10.0. The topological polar surface area (TPSA) is 46.0 Å². The third kappa shape index (κ3) is 5.28. The van der Waals surface area contributed by atoms with Crippen molar-refractivity contribution in [3.05, 3.63) is 11.9 Å². The van der Waals surface area contributed by atoms with Crippen LogP contribution in [0.25, 0.3) is 0 Å². The summed E-state index contributed by atoms with van der Waals surface area (Å²) in [4.78, 5) is 2.38. The fourth-order valence-corrected chi connectivity index (χ4v) is 1.75. The molecule has 1 rings (SSSR count). The van der Waals surface area contributed by atoms with Crippen LogP contribution in [0.3, 0.4) is 0 Å². The summed E-state index contributed by atoms with van der Waals surface area (Å²) in [6.07, 6.45) is 4.33. The molecule has 0 saturated carbocycles. The molecule has 0 bridgehead atoms. The highest BCUT2D eigenvalue weighted by atomic mass is 15.4. The molecule has 1 N–H and O–H groups in total. The van der Waals surface area contributed by atoms with E-state index in [0.717, 1.165) is 44.7 Å². The summed E-state index contributed by atoms with van der Waals surface area (Å²) in [5.41, 5.74) is 1.26. The highest BCUT2D eigenvalue weighted by Gasteiger charge is 2.20. The number of hydrogen-bond donors (Lipinski definition) is 1. The zero-order chi connectivity index (χ0) is 14.3. The molecule has 0 aliphatic rings. The Balaban J connectivity index is 2.37. The van der Waals surface area contributed by atoms with Gasteiger partial charge in [0.2, 0.25) is 0 Å². The molecular formula is C14H29N5. The highest BCUT2D eigenvalue weighted by Crippen LogP contribution is 2.15. The first-order valence-electron chi connectivity index (χ1n) is 7.30. The Morgan fingerprint density at radius 1 is 1.37 bits per heavy atom. The maximum Gasteiger partial charge on any atom is 0.0964 e. The highest BCUT2D eigenvalue weighted by molar-refractivity contribution is 4.91. The van der Waals surface area contributed by atoms with E-state index >= 15 is 0 Å². The predicted molar refractivity (Wildman–Crippen MR) is 79.0 cm³/mol. The molecule has 0 aromatic carbocycles. The van der Waals surface area contributed by atoms with Gasteiger partial charge in [0.05, 0.1) is 12.2 Å². The fourth-order valence-electron chi connectivity index (χ4n) is 1.75. The van der Waals surface area contributed by atoms with E-state index in [1.54, 1.807) is 0 Å². The largest absolute Gasteiger partial charge is 0.311 e. The van der Waals surface area contributed by atoms with Gasteiger partial charge in [-0.3, -0.25) is 9.58 Å². The zero-order valence-electron chi connectivity index (χ0n) is 13.1. The Morgan fingerprint density at radius 3 is 2.74 bits per heavy atom. The molecule has 0 unspecified atom stereocenters. The lowest BCUT2D eigenvalue weighted by Gasteiger charge is -2.34. The van der Waals surface area contributed by atoms with E-state index in [4.69, 9.17) is 0 Å². The van der Waals surface area contributed by atoms with Gasteiger partial charge in [0.25, 0.3) is 0 Å². The average molecular weight is 267 g/mol. The molecule has 0 aliphatic heterocycles. The van der Waals surface area contributed by atoms with E-state index < -0.39 is 0 Å². The van der Waals surface area contributed by atoms with Gasteiger partial charge in [0, 0.05) is 24.8 Å². The SMILES string of the molecule is CCCNCc1cn(CCN(C)C(C)(C)CC)nn1. The molecule has 0 atom stereocenters. The predicted octanol–water partition coefficient (Wildman–Crippen LogP) is 1.90. The van der Waals surface area contributed by atoms with Gasteiger partial charge >= 0.3 is 0 Å². The number of nitrogens with one attached hydrogen (secondary N) is 1. The second-order valence-corrected chi connectivity index (χ2v) is 5.74. The number of nitrogens with zero attached hydrogens (tertiary/aromatic N) is 4. The van der Waals surface area contributed by atoms with E-state index in [2.05, 4.69) is 55.3 Å². The normalized spacial score (nSPS) is 12.3. The summed E-state index contributed by atoms with van der Waals surface area (Å²) in [5.74, 6) is 0. The van der Waals surface area contributed by atoms with E-state index in [1.165, 1.54) is 0 Å². The molecule has 1 heterocycles. The lowest BCUT2D eigenvalue weighted by molar-refractivity contribution is 0.144. The van der Waals surface area contributed by atoms with E-state index in [-0.39, 0.29) is 5.54 Å². The van der Waals surface area contributed by atoms with Crippen molar-refractivity contribution < 1.29 is 0 Å². The van der Waals surface area contributed by atoms with Gasteiger partial charge in [0.1, 0.15) is 0 Å². The molecule has 5 nitrogen and oxygen atoms in total. The second kappa shape index (κ2) is 7.60. The monoisotopic (exact) mass is 267 g/mol. The Kier molecular flexibility index (Phi) is 6.45. The fraction of sp³-hybridized carbons (Fsp3) is 0.857. The van der Waals surface area contributed by atoms with Crippen molar-refractivity contribution in [2.24, 2.45) is 0 Å². The van der Waals surface area contributed by atoms with E-state index in [9.17, 15) is 0 Å². The Morgan fingerprint density at radius 2 is 2.11 bits per heavy atom. The summed E-state index contributed by atoms with van der Waals surface area (Å²) in [5, 5.41) is 11.7. The van der Waals surface area contributed by atoms with Crippen LogP contribution < -0.4 is 5.32 Å². The Bertz CT molecular complexity index is 358. The van der Waals surface area contributed by atoms with Crippen molar-refractivity contribution in [1.82, 2.24) is 25.2 Å². The van der Waals surface area contributed by atoms with Crippen molar-refractivity contribution >= 4 is 0 Å².